The Hall–Kier alpha value is -2.51. The lowest BCUT2D eigenvalue weighted by molar-refractivity contribution is -0.385. The summed E-state index contributed by atoms with van der Waals surface area (Å²) in [5.74, 6) is -2.63. The van der Waals surface area contributed by atoms with Crippen LogP contribution < -0.4 is 0 Å². The normalized spacial score (nSPS) is 11.5. The van der Waals surface area contributed by atoms with Gasteiger partial charge in [0.2, 0.25) is 0 Å². The summed E-state index contributed by atoms with van der Waals surface area (Å²) < 4.78 is 64.9. The smallest absolute Gasteiger partial charge is 0.258 e. The minimum Gasteiger partial charge on any atom is -0.258 e. The molecule has 0 fully saturated rings. The van der Waals surface area contributed by atoms with E-state index in [4.69, 9.17) is 0 Å². The van der Waals surface area contributed by atoms with E-state index in [1.54, 1.807) is 0 Å². The fourth-order valence-electron chi connectivity index (χ4n) is 1.76. The lowest BCUT2D eigenvalue weighted by atomic mass is 10.0. The zero-order valence-electron chi connectivity index (χ0n) is 10.1. The third kappa shape index (κ3) is 2.99. The minimum absolute atomic E-state index is 0.334. The van der Waals surface area contributed by atoms with Crippen molar-refractivity contribution in [1.82, 2.24) is 0 Å². The van der Waals surface area contributed by atoms with Crippen LogP contribution >= 0.6 is 0 Å². The SMILES string of the molecule is O=[N+]([O-])c1cc(-c2cccc(F)c2F)cc(C(F)(F)F)c1. The lowest BCUT2D eigenvalue weighted by Gasteiger charge is -2.10. The van der Waals surface area contributed by atoms with E-state index in [2.05, 4.69) is 0 Å². The highest BCUT2D eigenvalue weighted by Crippen LogP contribution is 2.36. The molecule has 2 aromatic rings. The highest BCUT2D eigenvalue weighted by atomic mass is 19.4. The second-order valence-corrected chi connectivity index (χ2v) is 4.12. The van der Waals surface area contributed by atoms with Gasteiger partial charge < -0.3 is 0 Å². The number of hydrogen-bond acceptors (Lipinski definition) is 2. The van der Waals surface area contributed by atoms with Gasteiger partial charge in [-0.1, -0.05) is 12.1 Å². The van der Waals surface area contributed by atoms with Crippen molar-refractivity contribution >= 4 is 5.69 Å². The van der Waals surface area contributed by atoms with Crippen molar-refractivity contribution in [3.63, 3.8) is 0 Å². The number of halogens is 5. The second kappa shape index (κ2) is 5.12. The molecular weight excluding hydrogens is 297 g/mol. The average Bonchev–Trinajstić information content (AvgIpc) is 2.40. The molecule has 0 atom stereocenters. The van der Waals surface area contributed by atoms with E-state index in [9.17, 15) is 32.1 Å². The maximum absolute atomic E-state index is 13.6. The summed E-state index contributed by atoms with van der Waals surface area (Å²) in [5.41, 5.74) is -3.07. The summed E-state index contributed by atoms with van der Waals surface area (Å²) in [6.45, 7) is 0. The fraction of sp³-hybridized carbons (Fsp3) is 0.0769. The molecule has 0 aliphatic heterocycles. The van der Waals surface area contributed by atoms with Crippen LogP contribution in [0.2, 0.25) is 0 Å². The molecule has 0 aromatic heterocycles. The molecule has 0 N–H and O–H groups in total. The minimum atomic E-state index is -4.84. The molecule has 110 valence electrons. The van der Waals surface area contributed by atoms with Gasteiger partial charge in [-0.15, -0.1) is 0 Å². The van der Waals surface area contributed by atoms with Crippen molar-refractivity contribution in [3.8, 4) is 11.1 Å². The van der Waals surface area contributed by atoms with Gasteiger partial charge in [-0.25, -0.2) is 8.78 Å². The Morgan fingerprint density at radius 1 is 1.05 bits per heavy atom. The predicted octanol–water partition coefficient (Wildman–Crippen LogP) is 4.56. The largest absolute Gasteiger partial charge is 0.416 e. The first-order valence-corrected chi connectivity index (χ1v) is 5.51. The van der Waals surface area contributed by atoms with Crippen molar-refractivity contribution < 1.29 is 26.9 Å². The highest BCUT2D eigenvalue weighted by molar-refractivity contribution is 5.68. The summed E-state index contributed by atoms with van der Waals surface area (Å²) in [5, 5.41) is 10.7. The third-order valence-corrected chi connectivity index (χ3v) is 2.72. The Morgan fingerprint density at radius 3 is 2.29 bits per heavy atom. The lowest BCUT2D eigenvalue weighted by Crippen LogP contribution is -2.06. The van der Waals surface area contributed by atoms with Crippen LogP contribution in [0.1, 0.15) is 5.56 Å². The molecule has 0 saturated carbocycles. The summed E-state index contributed by atoms with van der Waals surface area (Å²) in [6.07, 6.45) is -4.84. The molecule has 2 rings (SSSR count). The quantitative estimate of drug-likeness (QED) is 0.464. The fourth-order valence-corrected chi connectivity index (χ4v) is 1.76. The van der Waals surface area contributed by atoms with Crippen molar-refractivity contribution in [1.29, 1.82) is 0 Å². The van der Waals surface area contributed by atoms with Crippen LogP contribution in [0.5, 0.6) is 0 Å². The van der Waals surface area contributed by atoms with Crippen LogP contribution in [0, 0.1) is 21.7 Å². The highest BCUT2D eigenvalue weighted by Gasteiger charge is 2.33. The van der Waals surface area contributed by atoms with Crippen LogP contribution in [-0.4, -0.2) is 4.92 Å². The Kier molecular flexibility index (Phi) is 3.63. The van der Waals surface area contributed by atoms with E-state index in [-0.39, 0.29) is 0 Å². The van der Waals surface area contributed by atoms with Crippen molar-refractivity contribution in [2.45, 2.75) is 6.18 Å². The maximum Gasteiger partial charge on any atom is 0.416 e. The van der Waals surface area contributed by atoms with Crippen LogP contribution in [-0.2, 0) is 6.18 Å². The zero-order valence-corrected chi connectivity index (χ0v) is 10.1. The third-order valence-electron chi connectivity index (χ3n) is 2.72. The van der Waals surface area contributed by atoms with Gasteiger partial charge in [-0.2, -0.15) is 13.2 Å². The van der Waals surface area contributed by atoms with Gasteiger partial charge in [-0.3, -0.25) is 10.1 Å². The second-order valence-electron chi connectivity index (χ2n) is 4.12. The van der Waals surface area contributed by atoms with Crippen LogP contribution in [0.4, 0.5) is 27.6 Å². The molecule has 2 aromatic carbocycles. The molecule has 0 aliphatic rings. The number of rotatable bonds is 2. The summed E-state index contributed by atoms with van der Waals surface area (Å²) >= 11 is 0. The van der Waals surface area contributed by atoms with E-state index in [1.165, 1.54) is 0 Å². The van der Waals surface area contributed by atoms with Crippen molar-refractivity contribution in [3.05, 3.63) is 63.7 Å². The molecule has 0 saturated heterocycles. The molecule has 0 unspecified atom stereocenters. The molecule has 8 heteroatoms. The Morgan fingerprint density at radius 2 is 1.71 bits per heavy atom. The number of non-ortho nitro benzene ring substituents is 1. The number of nitro groups is 1. The average molecular weight is 303 g/mol. The Labute approximate surface area is 114 Å². The number of nitro benzene ring substituents is 1. The molecule has 0 amide bonds. The predicted molar refractivity (Wildman–Crippen MR) is 63.5 cm³/mol. The zero-order chi connectivity index (χ0) is 15.8. The van der Waals surface area contributed by atoms with Crippen molar-refractivity contribution in [2.75, 3.05) is 0 Å². The maximum atomic E-state index is 13.6. The van der Waals surface area contributed by atoms with Gasteiger partial charge in [0.25, 0.3) is 5.69 Å². The molecule has 0 radical (unpaired) electrons. The first-order valence-electron chi connectivity index (χ1n) is 5.51. The first kappa shape index (κ1) is 14.9. The van der Waals surface area contributed by atoms with Crippen LogP contribution in [0.15, 0.2) is 36.4 Å². The first-order chi connectivity index (χ1) is 9.70. The van der Waals surface area contributed by atoms with Crippen molar-refractivity contribution in [2.24, 2.45) is 0 Å². The van der Waals surface area contributed by atoms with Gasteiger partial charge in [-0.05, 0) is 17.7 Å². The Bertz CT molecular complexity index is 712. The topological polar surface area (TPSA) is 43.1 Å². The van der Waals surface area contributed by atoms with E-state index in [1.807, 2.05) is 0 Å². The van der Waals surface area contributed by atoms with Crippen LogP contribution in [0.25, 0.3) is 11.1 Å². The van der Waals surface area contributed by atoms with Crippen LogP contribution in [0.3, 0.4) is 0 Å². The summed E-state index contributed by atoms with van der Waals surface area (Å²) in [6, 6.07) is 4.55. The molecule has 3 nitrogen and oxygen atoms in total. The molecule has 0 bridgehead atoms. The monoisotopic (exact) mass is 303 g/mol. The van der Waals surface area contributed by atoms with Gasteiger partial charge in [0, 0.05) is 17.7 Å². The number of alkyl halides is 3. The van der Waals surface area contributed by atoms with Gasteiger partial charge in [0.05, 0.1) is 10.5 Å². The van der Waals surface area contributed by atoms with Gasteiger partial charge in [0.15, 0.2) is 11.6 Å². The molecule has 0 heterocycles. The standard InChI is InChI=1S/C13H6F5NO2/c14-11-3-1-2-10(12(11)15)7-4-8(13(16,17)18)6-9(5-7)19(20)21/h1-6H. The molecule has 0 spiro atoms. The molecular formula is C13H6F5NO2. The van der Waals surface area contributed by atoms with Gasteiger partial charge >= 0.3 is 6.18 Å². The Balaban J connectivity index is 2.71. The molecule has 0 aliphatic carbocycles. The van der Waals surface area contributed by atoms with E-state index >= 15 is 0 Å². The number of nitrogens with zero attached hydrogens (tertiary/aromatic N) is 1. The number of hydrogen-bond donors (Lipinski definition) is 0. The summed E-state index contributed by atoms with van der Waals surface area (Å²) in [7, 11) is 0. The van der Waals surface area contributed by atoms with E-state index < -0.39 is 45.1 Å². The van der Waals surface area contributed by atoms with Gasteiger partial charge in [0.1, 0.15) is 0 Å². The molecule has 21 heavy (non-hydrogen) atoms. The van der Waals surface area contributed by atoms with E-state index in [0.29, 0.717) is 12.1 Å². The summed E-state index contributed by atoms with van der Waals surface area (Å²) in [4.78, 5) is 9.65. The van der Waals surface area contributed by atoms with E-state index in [0.717, 1.165) is 24.3 Å². The number of benzene rings is 2.